The number of hydrogen-bond donors (Lipinski definition) is 2. The van der Waals surface area contributed by atoms with Crippen LogP contribution in [-0.4, -0.2) is 27.8 Å². The highest BCUT2D eigenvalue weighted by atomic mass is 16.5. The number of furan rings is 1. The smallest absolute Gasteiger partial charge is 0.134 e. The van der Waals surface area contributed by atoms with Gasteiger partial charge in [0.2, 0.25) is 0 Å². The third-order valence-electron chi connectivity index (χ3n) is 5.54. The first kappa shape index (κ1) is 21.8. The Morgan fingerprint density at radius 2 is 1.94 bits per heavy atom. The van der Waals surface area contributed by atoms with Gasteiger partial charge >= 0.3 is 0 Å². The van der Waals surface area contributed by atoms with E-state index < -0.39 is 6.10 Å². The van der Waals surface area contributed by atoms with E-state index >= 15 is 0 Å². The number of fused-ring (bicyclic) bond motifs is 1. The average Bonchev–Trinajstić information content (AvgIpc) is 3.17. The molecular weight excluding hydrogens is 402 g/mol. The number of hydrogen-bond acceptors (Lipinski definition) is 6. The fourth-order valence-electron chi connectivity index (χ4n) is 3.59. The maximum atomic E-state index is 9.74. The second-order valence-corrected chi connectivity index (χ2v) is 8.13. The van der Waals surface area contributed by atoms with Crippen molar-refractivity contribution >= 4 is 16.8 Å². The molecular formula is C26H29N3O3. The molecule has 0 aliphatic carbocycles. The lowest BCUT2D eigenvalue weighted by molar-refractivity contribution is 0.104. The molecule has 0 aliphatic rings. The minimum atomic E-state index is -0.457. The molecule has 0 fully saturated rings. The molecule has 1 unspecified atom stereocenters. The van der Waals surface area contributed by atoms with Crippen LogP contribution in [0.25, 0.3) is 22.2 Å². The average molecular weight is 432 g/mol. The highest BCUT2D eigenvalue weighted by Crippen LogP contribution is 2.29. The molecule has 0 aliphatic heterocycles. The minimum absolute atomic E-state index is 0.00963. The Kier molecular flexibility index (Phi) is 6.42. The summed E-state index contributed by atoms with van der Waals surface area (Å²) in [4.78, 5) is 9.23. The Balaban J connectivity index is 1.54. The van der Waals surface area contributed by atoms with Gasteiger partial charge in [0.1, 0.15) is 29.6 Å². The Bertz CT molecular complexity index is 1220. The molecule has 0 saturated heterocycles. The van der Waals surface area contributed by atoms with Crippen LogP contribution in [0.3, 0.4) is 0 Å². The molecule has 32 heavy (non-hydrogen) atoms. The van der Waals surface area contributed by atoms with Gasteiger partial charge in [0, 0.05) is 17.0 Å². The number of rotatable bonds is 8. The molecule has 2 atom stereocenters. The van der Waals surface area contributed by atoms with Crippen molar-refractivity contribution in [3.8, 4) is 17.0 Å². The molecule has 0 amide bonds. The zero-order valence-corrected chi connectivity index (χ0v) is 18.9. The topological polar surface area (TPSA) is 80.4 Å². The van der Waals surface area contributed by atoms with Crippen molar-refractivity contribution in [2.75, 3.05) is 11.9 Å². The van der Waals surface area contributed by atoms with Crippen molar-refractivity contribution in [3.63, 3.8) is 0 Å². The summed E-state index contributed by atoms with van der Waals surface area (Å²) >= 11 is 0. The lowest BCUT2D eigenvalue weighted by Gasteiger charge is -2.17. The first-order valence-corrected chi connectivity index (χ1v) is 10.9. The second kappa shape index (κ2) is 9.40. The molecule has 0 radical (unpaired) electrons. The van der Waals surface area contributed by atoms with Crippen LogP contribution in [0.2, 0.25) is 0 Å². The molecule has 166 valence electrons. The van der Waals surface area contributed by atoms with Gasteiger partial charge in [-0.25, -0.2) is 9.97 Å². The number of anilines is 1. The van der Waals surface area contributed by atoms with E-state index in [4.69, 9.17) is 9.15 Å². The van der Waals surface area contributed by atoms with Crippen LogP contribution in [0.1, 0.15) is 43.3 Å². The first-order valence-electron chi connectivity index (χ1n) is 10.9. The highest BCUT2D eigenvalue weighted by Gasteiger charge is 2.12. The van der Waals surface area contributed by atoms with Gasteiger partial charge in [-0.3, -0.25) is 0 Å². The number of aliphatic hydroxyl groups is 1. The maximum Gasteiger partial charge on any atom is 0.134 e. The highest BCUT2D eigenvalue weighted by molar-refractivity contribution is 5.85. The van der Waals surface area contributed by atoms with Crippen LogP contribution in [-0.2, 0) is 0 Å². The summed E-state index contributed by atoms with van der Waals surface area (Å²) in [5.74, 6) is 2.20. The van der Waals surface area contributed by atoms with E-state index in [2.05, 4.69) is 28.3 Å². The van der Waals surface area contributed by atoms with Crippen molar-refractivity contribution in [1.82, 2.24) is 9.97 Å². The van der Waals surface area contributed by atoms with Gasteiger partial charge in [0.25, 0.3) is 0 Å². The summed E-state index contributed by atoms with van der Waals surface area (Å²) in [6.45, 7) is 8.24. The predicted octanol–water partition coefficient (Wildman–Crippen LogP) is 5.83. The molecule has 6 heteroatoms. The number of aryl methyl sites for hydroxylation is 2. The molecule has 6 nitrogen and oxygen atoms in total. The molecule has 4 rings (SSSR count). The summed E-state index contributed by atoms with van der Waals surface area (Å²) in [6.07, 6.45) is 1.98. The van der Waals surface area contributed by atoms with E-state index in [0.717, 1.165) is 44.9 Å². The molecule has 0 spiro atoms. The van der Waals surface area contributed by atoms with E-state index in [1.807, 2.05) is 63.2 Å². The number of aromatic nitrogens is 2. The van der Waals surface area contributed by atoms with Crippen molar-refractivity contribution in [2.24, 2.45) is 0 Å². The molecule has 2 N–H and O–H groups in total. The van der Waals surface area contributed by atoms with Crippen molar-refractivity contribution in [3.05, 3.63) is 71.7 Å². The van der Waals surface area contributed by atoms with Gasteiger partial charge in [-0.05, 0) is 68.7 Å². The van der Waals surface area contributed by atoms with Gasteiger partial charge in [-0.2, -0.15) is 0 Å². The largest absolute Gasteiger partial charge is 0.491 e. The lowest BCUT2D eigenvalue weighted by Crippen LogP contribution is -2.16. The maximum absolute atomic E-state index is 9.74. The van der Waals surface area contributed by atoms with E-state index in [0.29, 0.717) is 12.2 Å². The monoisotopic (exact) mass is 431 g/mol. The molecule has 2 heterocycles. The third kappa shape index (κ3) is 4.92. The van der Waals surface area contributed by atoms with Crippen LogP contribution in [0.5, 0.6) is 5.75 Å². The van der Waals surface area contributed by atoms with Crippen molar-refractivity contribution in [1.29, 1.82) is 0 Å². The van der Waals surface area contributed by atoms with Crippen LogP contribution in [0.15, 0.2) is 59.2 Å². The molecule has 0 bridgehead atoms. The van der Waals surface area contributed by atoms with Gasteiger partial charge in [-0.15, -0.1) is 0 Å². The Labute approximate surface area is 188 Å². The van der Waals surface area contributed by atoms with E-state index in [1.165, 1.54) is 0 Å². The Morgan fingerprint density at radius 3 is 2.75 bits per heavy atom. The fourth-order valence-corrected chi connectivity index (χ4v) is 3.59. The van der Waals surface area contributed by atoms with Crippen LogP contribution < -0.4 is 10.1 Å². The second-order valence-electron chi connectivity index (χ2n) is 8.13. The van der Waals surface area contributed by atoms with Gasteiger partial charge in [0.15, 0.2) is 0 Å². The predicted molar refractivity (Wildman–Crippen MR) is 127 cm³/mol. The normalized spacial score (nSPS) is 13.2. The number of ether oxygens (including phenoxy) is 1. The lowest BCUT2D eigenvalue weighted by atomic mass is 10.1. The van der Waals surface area contributed by atoms with Crippen LogP contribution in [0.4, 0.5) is 5.82 Å². The van der Waals surface area contributed by atoms with E-state index in [1.54, 1.807) is 6.26 Å². The summed E-state index contributed by atoms with van der Waals surface area (Å²) in [5, 5.41) is 14.3. The molecule has 4 aromatic rings. The van der Waals surface area contributed by atoms with E-state index in [9.17, 15) is 5.11 Å². The quantitative estimate of drug-likeness (QED) is 0.365. The van der Waals surface area contributed by atoms with Crippen molar-refractivity contribution < 1.29 is 14.3 Å². The van der Waals surface area contributed by atoms with Gasteiger partial charge in [-0.1, -0.05) is 19.1 Å². The summed E-state index contributed by atoms with van der Waals surface area (Å²) < 4.78 is 11.3. The first-order chi connectivity index (χ1) is 15.4. The van der Waals surface area contributed by atoms with Crippen molar-refractivity contribution in [2.45, 2.75) is 46.3 Å². The SMILES string of the molecule is CC[C@H](O)COc1cccc(C(C)Nc2cc(-c3ccc4occ(C)c4c3)nc(C)n2)c1. The molecule has 2 aromatic carbocycles. The van der Waals surface area contributed by atoms with Gasteiger partial charge in [0.05, 0.1) is 24.1 Å². The number of nitrogens with zero attached hydrogens (tertiary/aromatic N) is 2. The minimum Gasteiger partial charge on any atom is -0.491 e. The number of nitrogens with one attached hydrogen (secondary N) is 1. The van der Waals surface area contributed by atoms with E-state index in [-0.39, 0.29) is 12.6 Å². The molecule has 0 saturated carbocycles. The summed E-state index contributed by atoms with van der Waals surface area (Å²) in [7, 11) is 0. The Morgan fingerprint density at radius 1 is 1.09 bits per heavy atom. The van der Waals surface area contributed by atoms with Crippen LogP contribution in [0, 0.1) is 13.8 Å². The third-order valence-corrected chi connectivity index (χ3v) is 5.54. The zero-order chi connectivity index (χ0) is 22.7. The standard InChI is InChI=1S/C26H29N3O3/c1-5-21(30)15-31-22-8-6-7-19(11-22)17(3)27-26-13-24(28-18(4)29-26)20-9-10-25-23(12-20)16(2)14-32-25/h6-14,17,21,30H,5,15H2,1-4H3,(H,27,28,29)/t17?,21-/m0/s1. The fraction of sp³-hybridized carbons (Fsp3) is 0.308. The van der Waals surface area contributed by atoms with Gasteiger partial charge < -0.3 is 19.6 Å². The summed E-state index contributed by atoms with van der Waals surface area (Å²) in [6, 6.07) is 16.0. The Hall–Kier alpha value is -3.38. The zero-order valence-electron chi connectivity index (χ0n) is 18.9. The molecule has 2 aromatic heterocycles. The number of aliphatic hydroxyl groups excluding tert-OH is 1. The summed E-state index contributed by atoms with van der Waals surface area (Å²) in [5.41, 5.74) is 4.93. The van der Waals surface area contributed by atoms with Crippen LogP contribution >= 0.6 is 0 Å². The number of benzene rings is 2.